The van der Waals surface area contributed by atoms with Crippen LogP contribution in [0.5, 0.6) is 11.5 Å². The number of hydrogen-bond donors (Lipinski definition) is 3. The van der Waals surface area contributed by atoms with Crippen LogP contribution in [0.3, 0.4) is 0 Å². The molecule has 0 fully saturated rings. The van der Waals surface area contributed by atoms with E-state index >= 15 is 0 Å². The summed E-state index contributed by atoms with van der Waals surface area (Å²) in [5.41, 5.74) is 0.493. The molecule has 0 heterocycles. The largest absolute Gasteiger partial charge is 0.497 e. The van der Waals surface area contributed by atoms with Crippen molar-refractivity contribution in [2.24, 2.45) is 4.99 Å². The van der Waals surface area contributed by atoms with Crippen LogP contribution in [-0.2, 0) is 11.3 Å². The Bertz CT molecular complexity index is 627. The van der Waals surface area contributed by atoms with Crippen molar-refractivity contribution >= 4 is 11.9 Å². The average Bonchev–Trinajstić information content (AvgIpc) is 2.64. The van der Waals surface area contributed by atoms with Crippen molar-refractivity contribution < 1.29 is 23.0 Å². The van der Waals surface area contributed by atoms with Crippen molar-refractivity contribution in [3.63, 3.8) is 0 Å². The Balaban J connectivity index is 2.58. The molecule has 0 spiro atoms. The van der Waals surface area contributed by atoms with Crippen LogP contribution in [0.1, 0.15) is 32.3 Å². The van der Waals surface area contributed by atoms with Crippen LogP contribution >= 0.6 is 0 Å². The summed E-state index contributed by atoms with van der Waals surface area (Å²) in [6.45, 7) is 1.61. The molecule has 1 amide bonds. The number of benzene rings is 1. The SMILES string of the molecule is CCC(C)NC(=O)CCNC(=NC)NCc1cc(OC)ccc1OC(F)F. The van der Waals surface area contributed by atoms with Crippen molar-refractivity contribution in [2.75, 3.05) is 20.7 Å². The molecule has 0 saturated carbocycles. The standard InChI is InChI=1S/C18H28F2N4O3/c1-5-12(2)24-16(25)8-9-22-18(21-3)23-11-13-10-14(26-4)6-7-15(13)27-17(19)20/h6-7,10,12,17H,5,8-9,11H2,1-4H3,(H,24,25)(H2,21,22,23). The van der Waals surface area contributed by atoms with E-state index in [0.717, 1.165) is 6.42 Å². The monoisotopic (exact) mass is 386 g/mol. The molecule has 27 heavy (non-hydrogen) atoms. The summed E-state index contributed by atoms with van der Waals surface area (Å²) in [5.74, 6) is 0.977. The zero-order chi connectivity index (χ0) is 20.2. The number of hydrogen-bond acceptors (Lipinski definition) is 4. The minimum Gasteiger partial charge on any atom is -0.497 e. The van der Waals surface area contributed by atoms with Crippen LogP contribution in [0.15, 0.2) is 23.2 Å². The first-order valence-electron chi connectivity index (χ1n) is 8.75. The summed E-state index contributed by atoms with van der Waals surface area (Å²) in [4.78, 5) is 15.8. The third-order valence-corrected chi connectivity index (χ3v) is 3.82. The van der Waals surface area contributed by atoms with Crippen LogP contribution in [0.4, 0.5) is 8.78 Å². The lowest BCUT2D eigenvalue weighted by Crippen LogP contribution is -2.40. The number of nitrogens with one attached hydrogen (secondary N) is 3. The highest BCUT2D eigenvalue weighted by Gasteiger charge is 2.12. The molecule has 0 saturated heterocycles. The van der Waals surface area contributed by atoms with Gasteiger partial charge in [0.15, 0.2) is 5.96 Å². The van der Waals surface area contributed by atoms with Gasteiger partial charge < -0.3 is 25.4 Å². The molecule has 0 aliphatic heterocycles. The molecule has 9 heteroatoms. The molecule has 7 nitrogen and oxygen atoms in total. The summed E-state index contributed by atoms with van der Waals surface area (Å²) < 4.78 is 34.8. The van der Waals surface area contributed by atoms with E-state index < -0.39 is 6.61 Å². The van der Waals surface area contributed by atoms with Gasteiger partial charge in [0.05, 0.1) is 7.11 Å². The topological polar surface area (TPSA) is 84.0 Å². The number of carbonyl (C=O) groups excluding carboxylic acids is 1. The zero-order valence-corrected chi connectivity index (χ0v) is 16.1. The number of nitrogens with zero attached hydrogens (tertiary/aromatic N) is 1. The third kappa shape index (κ3) is 8.57. The number of amides is 1. The van der Waals surface area contributed by atoms with Crippen LogP contribution in [0.2, 0.25) is 0 Å². The Labute approximate surface area is 158 Å². The van der Waals surface area contributed by atoms with Gasteiger partial charge in [0, 0.05) is 38.2 Å². The highest BCUT2D eigenvalue weighted by Crippen LogP contribution is 2.25. The van der Waals surface area contributed by atoms with Gasteiger partial charge in [-0.15, -0.1) is 0 Å². The van der Waals surface area contributed by atoms with E-state index in [-0.39, 0.29) is 24.2 Å². The molecule has 0 bridgehead atoms. The number of guanidine groups is 1. The number of alkyl halides is 2. The Morgan fingerprint density at radius 2 is 2.04 bits per heavy atom. The Morgan fingerprint density at radius 1 is 1.30 bits per heavy atom. The minimum absolute atomic E-state index is 0.0484. The van der Waals surface area contributed by atoms with Crippen LogP contribution in [0.25, 0.3) is 0 Å². The Hall–Kier alpha value is -2.58. The van der Waals surface area contributed by atoms with Crippen LogP contribution < -0.4 is 25.4 Å². The van der Waals surface area contributed by atoms with Gasteiger partial charge in [-0.05, 0) is 31.5 Å². The number of ether oxygens (including phenoxy) is 2. The summed E-state index contributed by atoms with van der Waals surface area (Å²) >= 11 is 0. The fourth-order valence-corrected chi connectivity index (χ4v) is 2.17. The van der Waals surface area contributed by atoms with Crippen LogP contribution in [0, 0.1) is 0 Å². The molecular weight excluding hydrogens is 358 g/mol. The van der Waals surface area contributed by atoms with Gasteiger partial charge in [-0.2, -0.15) is 8.78 Å². The fourth-order valence-electron chi connectivity index (χ4n) is 2.17. The number of aliphatic imine (C=N–C) groups is 1. The van der Waals surface area contributed by atoms with Crippen molar-refractivity contribution in [3.05, 3.63) is 23.8 Å². The molecule has 0 aliphatic carbocycles. The van der Waals surface area contributed by atoms with E-state index in [9.17, 15) is 13.6 Å². The third-order valence-electron chi connectivity index (χ3n) is 3.82. The Kier molecular flexibility index (Phi) is 9.92. The molecule has 1 atom stereocenters. The molecule has 3 N–H and O–H groups in total. The molecule has 152 valence electrons. The first-order chi connectivity index (χ1) is 12.9. The molecule has 0 radical (unpaired) electrons. The second-order valence-electron chi connectivity index (χ2n) is 5.83. The summed E-state index contributed by atoms with van der Waals surface area (Å²) in [6.07, 6.45) is 1.16. The average molecular weight is 386 g/mol. The quantitative estimate of drug-likeness (QED) is 0.424. The predicted molar refractivity (Wildman–Crippen MR) is 100 cm³/mol. The van der Waals surface area contributed by atoms with E-state index in [0.29, 0.717) is 30.2 Å². The molecule has 0 aliphatic rings. The number of carbonyl (C=O) groups is 1. The normalized spacial score (nSPS) is 12.5. The smallest absolute Gasteiger partial charge is 0.387 e. The summed E-state index contributed by atoms with van der Waals surface area (Å²) in [5, 5.41) is 8.89. The van der Waals surface area contributed by atoms with Crippen molar-refractivity contribution in [2.45, 2.75) is 45.9 Å². The molecule has 1 aromatic carbocycles. The molecule has 1 unspecified atom stereocenters. The van der Waals surface area contributed by atoms with E-state index in [2.05, 4.69) is 25.7 Å². The fraction of sp³-hybridized carbons (Fsp3) is 0.556. The summed E-state index contributed by atoms with van der Waals surface area (Å²) in [7, 11) is 3.07. The first-order valence-corrected chi connectivity index (χ1v) is 8.75. The van der Waals surface area contributed by atoms with Gasteiger partial charge >= 0.3 is 6.61 Å². The highest BCUT2D eigenvalue weighted by atomic mass is 19.3. The number of halogens is 2. The van der Waals surface area contributed by atoms with Gasteiger partial charge in [-0.1, -0.05) is 6.92 Å². The predicted octanol–water partition coefficient (Wildman–Crippen LogP) is 2.27. The van der Waals surface area contributed by atoms with E-state index in [1.54, 1.807) is 19.2 Å². The lowest BCUT2D eigenvalue weighted by molar-refractivity contribution is -0.121. The number of rotatable bonds is 10. The maximum Gasteiger partial charge on any atom is 0.387 e. The lowest BCUT2D eigenvalue weighted by atomic mass is 10.2. The maximum atomic E-state index is 12.6. The Morgan fingerprint density at radius 3 is 2.63 bits per heavy atom. The minimum atomic E-state index is -2.92. The van der Waals surface area contributed by atoms with Gasteiger partial charge in [-0.3, -0.25) is 9.79 Å². The lowest BCUT2D eigenvalue weighted by Gasteiger charge is -2.16. The molecule has 1 aromatic rings. The molecule has 0 aromatic heterocycles. The zero-order valence-electron chi connectivity index (χ0n) is 16.1. The number of methoxy groups -OCH3 is 1. The van der Waals surface area contributed by atoms with Gasteiger partial charge in [0.1, 0.15) is 11.5 Å². The second kappa shape index (κ2) is 11.9. The van der Waals surface area contributed by atoms with Gasteiger partial charge in [0.2, 0.25) is 5.91 Å². The molecule has 1 rings (SSSR count). The van der Waals surface area contributed by atoms with Crippen molar-refractivity contribution in [1.82, 2.24) is 16.0 Å². The van der Waals surface area contributed by atoms with Crippen molar-refractivity contribution in [3.8, 4) is 11.5 Å². The van der Waals surface area contributed by atoms with Crippen LogP contribution in [-0.4, -0.2) is 45.2 Å². The first kappa shape index (κ1) is 22.5. The second-order valence-corrected chi connectivity index (χ2v) is 5.83. The van der Waals surface area contributed by atoms with Crippen molar-refractivity contribution in [1.29, 1.82) is 0 Å². The van der Waals surface area contributed by atoms with E-state index in [1.165, 1.54) is 13.2 Å². The van der Waals surface area contributed by atoms with Gasteiger partial charge in [0.25, 0.3) is 0 Å². The maximum absolute atomic E-state index is 12.6. The van der Waals surface area contributed by atoms with E-state index in [4.69, 9.17) is 4.74 Å². The van der Waals surface area contributed by atoms with Gasteiger partial charge in [-0.25, -0.2) is 0 Å². The van der Waals surface area contributed by atoms with E-state index in [1.807, 2.05) is 13.8 Å². The highest BCUT2D eigenvalue weighted by molar-refractivity contribution is 5.81. The summed E-state index contributed by atoms with van der Waals surface area (Å²) in [6, 6.07) is 4.72. The molecular formula is C18H28F2N4O3.